The molecule has 0 fully saturated rings. The number of hydrogen-bond donors (Lipinski definition) is 1. The Labute approximate surface area is 89.7 Å². The van der Waals surface area contributed by atoms with Crippen LogP contribution in [0.2, 0.25) is 0 Å². The first-order valence-electron chi connectivity index (χ1n) is 4.43. The molecule has 0 aromatic carbocycles. The first kappa shape index (κ1) is 10.1. The third-order valence-corrected chi connectivity index (χ3v) is 1.87. The summed E-state index contributed by atoms with van der Waals surface area (Å²) in [6, 6.07) is 4.11. The monoisotopic (exact) mass is 220 g/mol. The van der Waals surface area contributed by atoms with Gasteiger partial charge in [-0.3, -0.25) is 9.59 Å². The van der Waals surface area contributed by atoms with E-state index in [0.717, 1.165) is 4.68 Å². The highest BCUT2D eigenvalue weighted by atomic mass is 16.5. The van der Waals surface area contributed by atoms with Crippen LogP contribution < -0.4 is 10.9 Å². The van der Waals surface area contributed by atoms with Crippen LogP contribution in [0.1, 0.15) is 10.5 Å². The van der Waals surface area contributed by atoms with Crippen LogP contribution >= 0.6 is 0 Å². The molecule has 0 bridgehead atoms. The fourth-order valence-corrected chi connectivity index (χ4v) is 1.08. The van der Waals surface area contributed by atoms with Gasteiger partial charge in [0.05, 0.1) is 0 Å². The predicted octanol–water partition coefficient (Wildman–Crippen LogP) is 0.0206. The minimum absolute atomic E-state index is 0.130. The number of carbonyl (C=O) groups excluding carboxylic acids is 1. The molecule has 0 radical (unpaired) electrons. The van der Waals surface area contributed by atoms with Crippen molar-refractivity contribution in [3.05, 3.63) is 40.5 Å². The van der Waals surface area contributed by atoms with Crippen molar-refractivity contribution in [2.75, 3.05) is 5.32 Å². The molecule has 1 N–H and O–H groups in total. The molecular weight excluding hydrogens is 212 g/mol. The van der Waals surface area contributed by atoms with E-state index in [1.807, 2.05) is 0 Å². The second kappa shape index (κ2) is 3.97. The van der Waals surface area contributed by atoms with Crippen LogP contribution in [0, 0.1) is 0 Å². The SMILES string of the molecule is Cn1nc(C(=O)Nc2ccon2)ccc1=O. The lowest BCUT2D eigenvalue weighted by Crippen LogP contribution is -2.23. The number of amides is 1. The van der Waals surface area contributed by atoms with Crippen molar-refractivity contribution >= 4 is 11.7 Å². The van der Waals surface area contributed by atoms with Gasteiger partial charge in [0.25, 0.3) is 11.5 Å². The summed E-state index contributed by atoms with van der Waals surface area (Å²) in [4.78, 5) is 22.7. The molecule has 16 heavy (non-hydrogen) atoms. The van der Waals surface area contributed by atoms with E-state index in [2.05, 4.69) is 20.1 Å². The van der Waals surface area contributed by atoms with Crippen molar-refractivity contribution in [3.63, 3.8) is 0 Å². The van der Waals surface area contributed by atoms with Crippen LogP contribution in [0.3, 0.4) is 0 Å². The molecule has 2 rings (SSSR count). The fraction of sp³-hybridized carbons (Fsp3) is 0.111. The quantitative estimate of drug-likeness (QED) is 0.770. The van der Waals surface area contributed by atoms with Crippen molar-refractivity contribution in [1.82, 2.24) is 14.9 Å². The molecule has 7 heteroatoms. The van der Waals surface area contributed by atoms with E-state index in [0.29, 0.717) is 5.82 Å². The van der Waals surface area contributed by atoms with Crippen molar-refractivity contribution in [3.8, 4) is 0 Å². The van der Waals surface area contributed by atoms with E-state index in [1.54, 1.807) is 0 Å². The van der Waals surface area contributed by atoms with Gasteiger partial charge < -0.3 is 9.84 Å². The van der Waals surface area contributed by atoms with Crippen molar-refractivity contribution < 1.29 is 9.32 Å². The number of rotatable bonds is 2. The smallest absolute Gasteiger partial charge is 0.277 e. The van der Waals surface area contributed by atoms with Gasteiger partial charge in [-0.2, -0.15) is 5.10 Å². The first-order valence-corrected chi connectivity index (χ1v) is 4.43. The summed E-state index contributed by atoms with van der Waals surface area (Å²) in [5, 5.41) is 9.77. The second-order valence-electron chi connectivity index (χ2n) is 3.02. The predicted molar refractivity (Wildman–Crippen MR) is 53.9 cm³/mol. The molecule has 2 aromatic rings. The molecule has 2 aromatic heterocycles. The zero-order valence-electron chi connectivity index (χ0n) is 8.38. The van der Waals surface area contributed by atoms with E-state index in [1.165, 1.54) is 31.5 Å². The highest BCUT2D eigenvalue weighted by molar-refractivity contribution is 6.02. The second-order valence-corrected chi connectivity index (χ2v) is 3.02. The Morgan fingerprint density at radius 1 is 1.44 bits per heavy atom. The van der Waals surface area contributed by atoms with Gasteiger partial charge in [0.15, 0.2) is 5.82 Å². The zero-order valence-corrected chi connectivity index (χ0v) is 8.38. The number of hydrogen-bond acceptors (Lipinski definition) is 5. The molecule has 7 nitrogen and oxygen atoms in total. The van der Waals surface area contributed by atoms with E-state index in [-0.39, 0.29) is 11.3 Å². The molecule has 0 atom stereocenters. The summed E-state index contributed by atoms with van der Waals surface area (Å²) < 4.78 is 5.63. The highest BCUT2D eigenvalue weighted by Crippen LogP contribution is 2.03. The van der Waals surface area contributed by atoms with Crippen LogP contribution in [0.4, 0.5) is 5.82 Å². The average Bonchev–Trinajstić information content (AvgIpc) is 2.74. The summed E-state index contributed by atoms with van der Waals surface area (Å²) >= 11 is 0. The minimum Gasteiger partial charge on any atom is -0.363 e. The maximum atomic E-state index is 11.6. The Hall–Kier alpha value is -2.44. The van der Waals surface area contributed by atoms with Crippen LogP contribution in [0.25, 0.3) is 0 Å². The van der Waals surface area contributed by atoms with Crippen LogP contribution in [0.15, 0.2) is 33.8 Å². The standard InChI is InChI=1S/C9H8N4O3/c1-13-8(14)3-2-6(11-13)9(15)10-7-4-5-16-12-7/h2-5H,1H3,(H,10,12,15). The summed E-state index contributed by atoms with van der Waals surface area (Å²) in [7, 11) is 1.47. The third-order valence-electron chi connectivity index (χ3n) is 1.87. The number of aryl methyl sites for hydroxylation is 1. The van der Waals surface area contributed by atoms with Gasteiger partial charge in [0.1, 0.15) is 12.0 Å². The topological polar surface area (TPSA) is 90.0 Å². The van der Waals surface area contributed by atoms with Gasteiger partial charge in [-0.05, 0) is 6.07 Å². The summed E-state index contributed by atoms with van der Waals surface area (Å²) in [6.45, 7) is 0. The Kier molecular flexibility index (Phi) is 2.50. The lowest BCUT2D eigenvalue weighted by atomic mass is 10.3. The molecule has 0 saturated carbocycles. The van der Waals surface area contributed by atoms with Crippen molar-refractivity contribution in [2.24, 2.45) is 7.05 Å². The number of carbonyl (C=O) groups is 1. The zero-order chi connectivity index (χ0) is 11.5. The van der Waals surface area contributed by atoms with Gasteiger partial charge in [-0.25, -0.2) is 4.68 Å². The van der Waals surface area contributed by atoms with Crippen LogP contribution in [-0.2, 0) is 7.05 Å². The Bertz CT molecular complexity index is 558. The van der Waals surface area contributed by atoms with Gasteiger partial charge >= 0.3 is 0 Å². The van der Waals surface area contributed by atoms with Gasteiger partial charge in [-0.1, -0.05) is 5.16 Å². The maximum absolute atomic E-state index is 11.6. The highest BCUT2D eigenvalue weighted by Gasteiger charge is 2.09. The molecular formula is C9H8N4O3. The Morgan fingerprint density at radius 3 is 2.88 bits per heavy atom. The Balaban J connectivity index is 2.21. The molecule has 0 spiro atoms. The number of anilines is 1. The van der Waals surface area contributed by atoms with Crippen molar-refractivity contribution in [1.29, 1.82) is 0 Å². The molecule has 1 amide bonds. The van der Waals surface area contributed by atoms with Gasteiger partial charge in [0, 0.05) is 19.2 Å². The normalized spacial score (nSPS) is 10.1. The maximum Gasteiger partial charge on any atom is 0.277 e. The fourth-order valence-electron chi connectivity index (χ4n) is 1.08. The summed E-state index contributed by atoms with van der Waals surface area (Å²) in [5.74, 6) is -0.162. The Morgan fingerprint density at radius 2 is 2.25 bits per heavy atom. The van der Waals surface area contributed by atoms with Crippen LogP contribution in [-0.4, -0.2) is 20.8 Å². The van der Waals surface area contributed by atoms with Crippen molar-refractivity contribution in [2.45, 2.75) is 0 Å². The average molecular weight is 220 g/mol. The van der Waals surface area contributed by atoms with Gasteiger partial charge in [0.2, 0.25) is 0 Å². The lowest BCUT2D eigenvalue weighted by molar-refractivity contribution is 0.101. The largest absolute Gasteiger partial charge is 0.363 e. The van der Waals surface area contributed by atoms with Gasteiger partial charge in [-0.15, -0.1) is 0 Å². The van der Waals surface area contributed by atoms with E-state index >= 15 is 0 Å². The lowest BCUT2D eigenvalue weighted by Gasteiger charge is -2.01. The minimum atomic E-state index is -0.454. The molecule has 0 aliphatic heterocycles. The molecule has 2 heterocycles. The number of nitrogens with zero attached hydrogens (tertiary/aromatic N) is 3. The summed E-state index contributed by atoms with van der Waals surface area (Å²) in [6.07, 6.45) is 1.34. The number of nitrogens with one attached hydrogen (secondary N) is 1. The molecule has 82 valence electrons. The molecule has 0 saturated heterocycles. The number of aromatic nitrogens is 3. The first-order chi connectivity index (χ1) is 7.66. The third kappa shape index (κ3) is 1.97. The molecule has 0 unspecified atom stereocenters. The molecule has 0 aliphatic carbocycles. The van der Waals surface area contributed by atoms with E-state index < -0.39 is 5.91 Å². The summed E-state index contributed by atoms with van der Waals surface area (Å²) in [5.41, 5.74) is -0.150. The van der Waals surface area contributed by atoms with Crippen LogP contribution in [0.5, 0.6) is 0 Å². The molecule has 0 aliphatic rings. The van der Waals surface area contributed by atoms with E-state index in [9.17, 15) is 9.59 Å². The van der Waals surface area contributed by atoms with E-state index in [4.69, 9.17) is 0 Å².